The zero-order chi connectivity index (χ0) is 20.8. The number of nitrogens with two attached hydrogens (primary N) is 1. The number of benzene rings is 2. The van der Waals surface area contributed by atoms with Crippen LogP contribution in [-0.4, -0.2) is 28.1 Å². The minimum atomic E-state index is -0.313. The van der Waals surface area contributed by atoms with Gasteiger partial charge in [-0.05, 0) is 42.0 Å². The average Bonchev–Trinajstić information content (AvgIpc) is 2.71. The maximum atomic E-state index is 12.5. The van der Waals surface area contributed by atoms with Crippen LogP contribution in [0.5, 0.6) is 5.75 Å². The van der Waals surface area contributed by atoms with Gasteiger partial charge < -0.3 is 10.5 Å². The molecule has 1 amide bonds. The Bertz CT molecular complexity index is 1110. The molecule has 1 aromatic heterocycles. The van der Waals surface area contributed by atoms with Crippen LogP contribution in [0, 0.1) is 0 Å². The van der Waals surface area contributed by atoms with Gasteiger partial charge in [0.2, 0.25) is 5.91 Å². The van der Waals surface area contributed by atoms with Crippen LogP contribution in [0.15, 0.2) is 58.1 Å². The summed E-state index contributed by atoms with van der Waals surface area (Å²) in [4.78, 5) is 36.0. The third-order valence-electron chi connectivity index (χ3n) is 4.39. The second-order valence-electron chi connectivity index (χ2n) is 6.36. The number of ether oxygens (including phenoxy) is 1. The maximum absolute atomic E-state index is 12.5. The fourth-order valence-electron chi connectivity index (χ4n) is 2.94. The van der Waals surface area contributed by atoms with Crippen molar-refractivity contribution < 1.29 is 9.53 Å². The normalized spacial score (nSPS) is 12.0. The largest absolute Gasteiger partial charge is 0.492 e. The van der Waals surface area contributed by atoms with Crippen molar-refractivity contribution in [1.29, 1.82) is 0 Å². The van der Waals surface area contributed by atoms with Gasteiger partial charge in [-0.25, -0.2) is 0 Å². The number of carbonyl (C=O) groups is 1. The second-order valence-corrected chi connectivity index (χ2v) is 8.84. The minimum absolute atomic E-state index is 0.178. The molecule has 0 aliphatic rings. The molecule has 1 atom stereocenters. The van der Waals surface area contributed by atoms with Gasteiger partial charge in [-0.1, -0.05) is 42.5 Å². The summed E-state index contributed by atoms with van der Waals surface area (Å²) < 4.78 is 7.59. The van der Waals surface area contributed by atoms with Gasteiger partial charge in [-0.3, -0.25) is 19.0 Å². The number of carbonyl (C=O) groups excluding carboxylic acids is 1. The quantitative estimate of drug-likeness (QED) is 0.564. The van der Waals surface area contributed by atoms with Gasteiger partial charge in [0, 0.05) is 4.70 Å². The first-order valence-electron chi connectivity index (χ1n) is 9.25. The van der Waals surface area contributed by atoms with Crippen LogP contribution in [0.2, 0.25) is 0 Å². The van der Waals surface area contributed by atoms with Gasteiger partial charge in [0.25, 0.3) is 5.56 Å². The van der Waals surface area contributed by atoms with Gasteiger partial charge in [0.1, 0.15) is 12.4 Å². The molecule has 0 fully saturated rings. The van der Waals surface area contributed by atoms with Crippen molar-refractivity contribution in [2.45, 2.75) is 25.1 Å². The third kappa shape index (κ3) is 5.27. The Kier molecular flexibility index (Phi) is 7.11. The summed E-state index contributed by atoms with van der Waals surface area (Å²) in [5, 5.41) is 0.290. The zero-order valence-electron chi connectivity index (χ0n) is 16.0. The lowest BCUT2D eigenvalue weighted by Crippen LogP contribution is -2.32. The van der Waals surface area contributed by atoms with Crippen molar-refractivity contribution in [3.63, 3.8) is 0 Å². The van der Waals surface area contributed by atoms with Crippen molar-refractivity contribution in [2.24, 2.45) is 5.73 Å². The highest BCUT2D eigenvalue weighted by atomic mass is 32.2. The average molecular weight is 431 g/mol. The second kappa shape index (κ2) is 9.76. The molecular formula is C21H22N2O4S2. The van der Waals surface area contributed by atoms with Crippen LogP contribution in [0.4, 0.5) is 0 Å². The molecule has 6 nitrogen and oxygen atoms in total. The molecule has 3 aromatic rings. The van der Waals surface area contributed by atoms with E-state index in [4.69, 9.17) is 10.5 Å². The number of primary amides is 1. The molecule has 0 saturated heterocycles. The predicted octanol–water partition coefficient (Wildman–Crippen LogP) is 2.65. The van der Waals surface area contributed by atoms with Crippen molar-refractivity contribution in [3.05, 3.63) is 74.1 Å². The molecule has 1 unspecified atom stereocenters. The van der Waals surface area contributed by atoms with Crippen LogP contribution in [0.25, 0.3) is 10.1 Å². The summed E-state index contributed by atoms with van der Waals surface area (Å²) in [6.45, 7) is 2.37. The Morgan fingerprint density at radius 3 is 2.59 bits per heavy atom. The number of fused-ring (bicyclic) bond motifs is 1. The van der Waals surface area contributed by atoms with E-state index in [1.807, 2.05) is 31.2 Å². The molecule has 0 bridgehead atoms. The Labute approximate surface area is 176 Å². The Balaban J connectivity index is 1.63. The number of hydrogen-bond acceptors (Lipinski definition) is 6. The summed E-state index contributed by atoms with van der Waals surface area (Å²) in [5.74, 6) is 1.15. The smallest absolute Gasteiger partial charge is 0.310 e. The fourth-order valence-corrected chi connectivity index (χ4v) is 4.70. The molecule has 0 aliphatic heterocycles. The standard InChI is InChI=1S/C21H22N2O4S2/c1-2-28-18(19(22)24)13-14-7-9-15(10-8-14)27-12-11-23-20(25)16-5-3-4-6-17(16)29-21(23)26/h3-10,18H,2,11-13H2,1H3,(H2,22,24). The molecule has 8 heteroatoms. The van der Waals surface area contributed by atoms with Gasteiger partial charge >= 0.3 is 4.87 Å². The summed E-state index contributed by atoms with van der Waals surface area (Å²) >= 11 is 2.59. The van der Waals surface area contributed by atoms with Crippen molar-refractivity contribution >= 4 is 39.1 Å². The topological polar surface area (TPSA) is 91.4 Å². The Morgan fingerprint density at radius 1 is 1.17 bits per heavy atom. The molecular weight excluding hydrogens is 408 g/mol. The molecule has 2 N–H and O–H groups in total. The lowest BCUT2D eigenvalue weighted by Gasteiger charge is -2.12. The fraction of sp³-hybridized carbons (Fsp3) is 0.286. The van der Waals surface area contributed by atoms with E-state index in [1.165, 1.54) is 16.3 Å². The van der Waals surface area contributed by atoms with E-state index in [1.54, 1.807) is 24.3 Å². The molecule has 0 spiro atoms. The molecule has 29 heavy (non-hydrogen) atoms. The zero-order valence-corrected chi connectivity index (χ0v) is 17.6. The maximum Gasteiger partial charge on any atom is 0.310 e. The number of hydrogen-bond donors (Lipinski definition) is 1. The van der Waals surface area contributed by atoms with E-state index < -0.39 is 0 Å². The SMILES string of the molecule is CCSC(Cc1ccc(OCCn2c(=O)sc3ccccc3c2=O)cc1)C(N)=O. The molecule has 3 rings (SSSR count). The van der Waals surface area contributed by atoms with E-state index >= 15 is 0 Å². The number of thioether (sulfide) groups is 1. The lowest BCUT2D eigenvalue weighted by molar-refractivity contribution is -0.117. The van der Waals surface area contributed by atoms with Crippen molar-refractivity contribution in [3.8, 4) is 5.75 Å². The first-order chi connectivity index (χ1) is 14.0. The first kappa shape index (κ1) is 21.1. The van der Waals surface area contributed by atoms with Crippen molar-refractivity contribution in [2.75, 3.05) is 12.4 Å². The van der Waals surface area contributed by atoms with E-state index in [9.17, 15) is 14.4 Å². The molecule has 0 radical (unpaired) electrons. The Morgan fingerprint density at radius 2 is 1.90 bits per heavy atom. The third-order valence-corrected chi connectivity index (χ3v) is 6.50. The Hall–Kier alpha value is -2.58. The van der Waals surface area contributed by atoms with Crippen LogP contribution in [-0.2, 0) is 17.8 Å². The number of aromatic nitrogens is 1. The summed E-state index contributed by atoms with van der Waals surface area (Å²) in [5.41, 5.74) is 6.14. The van der Waals surface area contributed by atoms with Gasteiger partial charge in [0.15, 0.2) is 0 Å². The summed E-state index contributed by atoms with van der Waals surface area (Å²) in [6, 6.07) is 14.5. The molecule has 1 heterocycles. The van der Waals surface area contributed by atoms with Crippen molar-refractivity contribution in [1.82, 2.24) is 4.57 Å². The molecule has 0 saturated carbocycles. The minimum Gasteiger partial charge on any atom is -0.492 e. The predicted molar refractivity (Wildman–Crippen MR) is 119 cm³/mol. The summed E-state index contributed by atoms with van der Waals surface area (Å²) in [6.07, 6.45) is 0.571. The van der Waals surface area contributed by atoms with Crippen LogP contribution < -0.4 is 20.9 Å². The van der Waals surface area contributed by atoms with Gasteiger partial charge in [-0.2, -0.15) is 0 Å². The highest BCUT2D eigenvalue weighted by molar-refractivity contribution is 8.00. The highest BCUT2D eigenvalue weighted by Gasteiger charge is 2.15. The number of nitrogens with zero attached hydrogens (tertiary/aromatic N) is 1. The van der Waals surface area contributed by atoms with E-state index in [2.05, 4.69) is 0 Å². The van der Waals surface area contributed by atoms with E-state index in [0.717, 1.165) is 22.7 Å². The number of amides is 1. The van der Waals surface area contributed by atoms with Gasteiger partial charge in [0.05, 0.1) is 17.2 Å². The number of rotatable bonds is 9. The van der Waals surface area contributed by atoms with Crippen LogP contribution >= 0.6 is 23.1 Å². The molecule has 2 aromatic carbocycles. The highest BCUT2D eigenvalue weighted by Crippen LogP contribution is 2.19. The molecule has 152 valence electrons. The van der Waals surface area contributed by atoms with Crippen LogP contribution in [0.3, 0.4) is 0 Å². The van der Waals surface area contributed by atoms with E-state index in [0.29, 0.717) is 22.3 Å². The summed E-state index contributed by atoms with van der Waals surface area (Å²) in [7, 11) is 0. The molecule has 0 aliphatic carbocycles. The lowest BCUT2D eigenvalue weighted by atomic mass is 10.1. The first-order valence-corrected chi connectivity index (χ1v) is 11.1. The van der Waals surface area contributed by atoms with Gasteiger partial charge in [-0.15, -0.1) is 11.8 Å². The van der Waals surface area contributed by atoms with E-state index in [-0.39, 0.29) is 34.7 Å². The van der Waals surface area contributed by atoms with Crippen LogP contribution in [0.1, 0.15) is 12.5 Å². The monoisotopic (exact) mass is 430 g/mol.